The fourth-order valence-corrected chi connectivity index (χ4v) is 3.43. The standard InChI is InChI=1S/C22H16F3N3O4/c23-22(24,25)15-10-12(26-21(31)18-6-3-9-32-18)7-8-17(15)28-20(30)14-11-19(29)27-16-5-2-1-4-13(14)16/h1-10,14H,11H2,(H,26,31)(H,27,29)(H,28,30). The van der Waals surface area contributed by atoms with Crippen LogP contribution >= 0.6 is 0 Å². The third-order valence-corrected chi connectivity index (χ3v) is 4.90. The first kappa shape index (κ1) is 21.2. The van der Waals surface area contributed by atoms with Crippen LogP contribution in [-0.2, 0) is 15.8 Å². The summed E-state index contributed by atoms with van der Waals surface area (Å²) in [6, 6.07) is 12.4. The van der Waals surface area contributed by atoms with E-state index in [1.165, 1.54) is 24.5 Å². The number of amides is 3. The molecule has 0 fully saturated rings. The Balaban J connectivity index is 1.60. The molecule has 2 aromatic carbocycles. The number of nitrogens with one attached hydrogen (secondary N) is 3. The van der Waals surface area contributed by atoms with E-state index in [9.17, 15) is 27.6 Å². The molecule has 0 spiro atoms. The van der Waals surface area contributed by atoms with Gasteiger partial charge in [-0.25, -0.2) is 0 Å². The van der Waals surface area contributed by atoms with Crippen LogP contribution in [0.5, 0.6) is 0 Å². The zero-order chi connectivity index (χ0) is 22.9. The van der Waals surface area contributed by atoms with Gasteiger partial charge >= 0.3 is 6.18 Å². The van der Waals surface area contributed by atoms with E-state index in [1.54, 1.807) is 24.3 Å². The van der Waals surface area contributed by atoms with Crippen molar-refractivity contribution in [3.05, 3.63) is 77.7 Å². The Kier molecular flexibility index (Phi) is 5.43. The van der Waals surface area contributed by atoms with Crippen molar-refractivity contribution >= 4 is 34.8 Å². The van der Waals surface area contributed by atoms with Crippen LogP contribution in [-0.4, -0.2) is 17.7 Å². The van der Waals surface area contributed by atoms with Gasteiger partial charge < -0.3 is 20.4 Å². The Morgan fingerprint density at radius 3 is 2.53 bits per heavy atom. The average molecular weight is 443 g/mol. The number of furan rings is 1. The number of rotatable bonds is 4. The van der Waals surface area contributed by atoms with E-state index >= 15 is 0 Å². The summed E-state index contributed by atoms with van der Waals surface area (Å²) in [6.07, 6.45) is -3.74. The largest absolute Gasteiger partial charge is 0.459 e. The molecule has 2 heterocycles. The van der Waals surface area contributed by atoms with Gasteiger partial charge in [0.2, 0.25) is 11.8 Å². The van der Waals surface area contributed by atoms with Gasteiger partial charge in [-0.1, -0.05) is 18.2 Å². The molecule has 0 saturated heterocycles. The van der Waals surface area contributed by atoms with Crippen LogP contribution in [0, 0.1) is 0 Å². The normalized spacial score (nSPS) is 15.5. The molecule has 1 aromatic heterocycles. The fourth-order valence-electron chi connectivity index (χ4n) is 3.43. The van der Waals surface area contributed by atoms with Crippen molar-refractivity contribution in [2.45, 2.75) is 18.5 Å². The molecule has 1 unspecified atom stereocenters. The molecule has 0 radical (unpaired) electrons. The van der Waals surface area contributed by atoms with Gasteiger partial charge in [-0.3, -0.25) is 14.4 Å². The van der Waals surface area contributed by atoms with Crippen molar-refractivity contribution in [2.75, 3.05) is 16.0 Å². The van der Waals surface area contributed by atoms with E-state index in [-0.39, 0.29) is 17.9 Å². The summed E-state index contributed by atoms with van der Waals surface area (Å²) in [7, 11) is 0. The topological polar surface area (TPSA) is 100 Å². The van der Waals surface area contributed by atoms with E-state index in [0.29, 0.717) is 11.3 Å². The Bertz CT molecular complexity index is 1190. The molecule has 32 heavy (non-hydrogen) atoms. The number of benzene rings is 2. The van der Waals surface area contributed by atoms with E-state index < -0.39 is 41.1 Å². The quantitative estimate of drug-likeness (QED) is 0.548. The maximum absolute atomic E-state index is 13.7. The van der Waals surface area contributed by atoms with Gasteiger partial charge in [0.05, 0.1) is 23.4 Å². The van der Waals surface area contributed by atoms with Crippen molar-refractivity contribution < 1.29 is 32.0 Å². The molecule has 4 rings (SSSR count). The molecule has 10 heteroatoms. The summed E-state index contributed by atoms with van der Waals surface area (Å²) in [4.78, 5) is 36.8. The lowest BCUT2D eigenvalue weighted by atomic mass is 9.89. The molecule has 7 nitrogen and oxygen atoms in total. The number of alkyl halides is 3. The third kappa shape index (κ3) is 4.34. The number of carbonyl (C=O) groups excluding carboxylic acids is 3. The molecule has 0 aliphatic carbocycles. The number of halogens is 3. The minimum Gasteiger partial charge on any atom is -0.459 e. The van der Waals surface area contributed by atoms with Gasteiger partial charge in [-0.15, -0.1) is 0 Å². The van der Waals surface area contributed by atoms with E-state index in [1.807, 2.05) is 0 Å². The number of carbonyl (C=O) groups is 3. The first-order valence-corrected chi connectivity index (χ1v) is 9.48. The molecule has 3 N–H and O–H groups in total. The van der Waals surface area contributed by atoms with Gasteiger partial charge in [0.1, 0.15) is 0 Å². The second-order valence-electron chi connectivity index (χ2n) is 7.07. The number of hydrogen-bond donors (Lipinski definition) is 3. The molecule has 0 saturated carbocycles. The molecular formula is C22H16F3N3O4. The lowest BCUT2D eigenvalue weighted by molar-refractivity contribution is -0.137. The maximum Gasteiger partial charge on any atom is 0.418 e. The highest BCUT2D eigenvalue weighted by Gasteiger charge is 2.36. The average Bonchev–Trinajstić information content (AvgIpc) is 3.28. The number of fused-ring (bicyclic) bond motifs is 1. The highest BCUT2D eigenvalue weighted by atomic mass is 19.4. The van der Waals surface area contributed by atoms with E-state index in [4.69, 9.17) is 4.42 Å². The number of anilines is 3. The summed E-state index contributed by atoms with van der Waals surface area (Å²) in [6.45, 7) is 0. The van der Waals surface area contributed by atoms with Gasteiger partial charge in [0.15, 0.2) is 5.76 Å². The second-order valence-corrected chi connectivity index (χ2v) is 7.07. The molecule has 164 valence electrons. The molecule has 1 aliphatic rings. The highest BCUT2D eigenvalue weighted by Crippen LogP contribution is 2.38. The zero-order valence-electron chi connectivity index (χ0n) is 16.3. The first-order chi connectivity index (χ1) is 15.2. The van der Waals surface area contributed by atoms with Crippen LogP contribution in [0.1, 0.15) is 34.0 Å². The van der Waals surface area contributed by atoms with E-state index in [2.05, 4.69) is 16.0 Å². The molecule has 1 aliphatic heterocycles. The zero-order valence-corrected chi connectivity index (χ0v) is 16.3. The van der Waals surface area contributed by atoms with Crippen LogP contribution in [0.3, 0.4) is 0 Å². The Morgan fingerprint density at radius 1 is 1.03 bits per heavy atom. The van der Waals surface area contributed by atoms with Gasteiger partial charge in [-0.05, 0) is 42.0 Å². The minimum absolute atomic E-state index is 0.0646. The summed E-state index contributed by atoms with van der Waals surface area (Å²) in [5, 5.41) is 7.24. The van der Waals surface area contributed by atoms with Crippen LogP contribution in [0.2, 0.25) is 0 Å². The Hall–Kier alpha value is -4.08. The lowest BCUT2D eigenvalue weighted by Gasteiger charge is -2.25. The summed E-state index contributed by atoms with van der Waals surface area (Å²) in [5.74, 6) is -2.88. The second kappa shape index (κ2) is 8.22. The summed E-state index contributed by atoms with van der Waals surface area (Å²) < 4.78 is 46.0. The van der Waals surface area contributed by atoms with Crippen molar-refractivity contribution in [3.8, 4) is 0 Å². The Morgan fingerprint density at radius 2 is 1.81 bits per heavy atom. The van der Waals surface area contributed by atoms with Gasteiger partial charge in [0.25, 0.3) is 5.91 Å². The molecule has 3 amide bonds. The Labute approximate surface area is 179 Å². The van der Waals surface area contributed by atoms with Gasteiger partial charge in [0, 0.05) is 17.8 Å². The van der Waals surface area contributed by atoms with E-state index in [0.717, 1.165) is 12.1 Å². The summed E-state index contributed by atoms with van der Waals surface area (Å²) >= 11 is 0. The van der Waals surface area contributed by atoms with Crippen molar-refractivity contribution in [1.82, 2.24) is 0 Å². The third-order valence-electron chi connectivity index (χ3n) is 4.90. The van der Waals surface area contributed by atoms with Crippen LogP contribution in [0.4, 0.5) is 30.2 Å². The minimum atomic E-state index is -4.81. The predicted octanol–water partition coefficient (Wildman–Crippen LogP) is 4.62. The van der Waals surface area contributed by atoms with Crippen LogP contribution < -0.4 is 16.0 Å². The van der Waals surface area contributed by atoms with Crippen LogP contribution in [0.15, 0.2) is 65.3 Å². The smallest absolute Gasteiger partial charge is 0.418 e. The number of para-hydroxylation sites is 1. The number of hydrogen-bond acceptors (Lipinski definition) is 4. The summed E-state index contributed by atoms with van der Waals surface area (Å²) in [5.41, 5.74) is -0.797. The predicted molar refractivity (Wildman–Crippen MR) is 109 cm³/mol. The monoisotopic (exact) mass is 443 g/mol. The molecule has 0 bridgehead atoms. The van der Waals surface area contributed by atoms with Gasteiger partial charge in [-0.2, -0.15) is 13.2 Å². The van der Waals surface area contributed by atoms with Crippen LogP contribution in [0.25, 0.3) is 0 Å². The molecule has 1 atom stereocenters. The van der Waals surface area contributed by atoms with Crippen molar-refractivity contribution in [3.63, 3.8) is 0 Å². The lowest BCUT2D eigenvalue weighted by Crippen LogP contribution is -2.31. The maximum atomic E-state index is 13.7. The van der Waals surface area contributed by atoms with Crippen molar-refractivity contribution in [2.24, 2.45) is 0 Å². The first-order valence-electron chi connectivity index (χ1n) is 9.48. The fraction of sp³-hybridized carbons (Fsp3) is 0.136. The highest BCUT2D eigenvalue weighted by molar-refractivity contribution is 6.06. The molecular weight excluding hydrogens is 427 g/mol. The molecule has 3 aromatic rings. The van der Waals surface area contributed by atoms with Crippen molar-refractivity contribution in [1.29, 1.82) is 0 Å². The SMILES string of the molecule is O=C1CC(C(=O)Nc2ccc(NC(=O)c3ccco3)cc2C(F)(F)F)c2ccccc2N1.